The van der Waals surface area contributed by atoms with Crippen LogP contribution in [-0.2, 0) is 0 Å². The monoisotopic (exact) mass is 406 g/mol. The number of thiophene rings is 2. The summed E-state index contributed by atoms with van der Waals surface area (Å²) in [4.78, 5) is 22.2. The number of pyridine rings is 2. The number of anilines is 3. The number of aryl methyl sites for hydroxylation is 1. The van der Waals surface area contributed by atoms with Crippen LogP contribution in [0.3, 0.4) is 0 Å². The molecule has 7 nitrogen and oxygen atoms in total. The summed E-state index contributed by atoms with van der Waals surface area (Å²) in [6.45, 7) is 1.85. The zero-order valence-corrected chi connectivity index (χ0v) is 16.3. The summed E-state index contributed by atoms with van der Waals surface area (Å²) in [5, 5.41) is 16.8. The molecule has 0 aliphatic carbocycles. The van der Waals surface area contributed by atoms with Crippen molar-refractivity contribution in [2.75, 3.05) is 16.8 Å². The minimum atomic E-state index is -0.379. The third kappa shape index (κ3) is 2.85. The van der Waals surface area contributed by atoms with Crippen molar-refractivity contribution in [2.24, 2.45) is 0 Å². The average Bonchev–Trinajstić information content (AvgIpc) is 3.31. The van der Waals surface area contributed by atoms with Crippen molar-refractivity contribution in [1.82, 2.24) is 9.97 Å². The second kappa shape index (κ2) is 6.92. The predicted molar refractivity (Wildman–Crippen MR) is 113 cm³/mol. The number of carbonyl (C=O) groups is 1. The average molecular weight is 406 g/mol. The molecule has 4 aromatic rings. The number of nitriles is 1. The van der Waals surface area contributed by atoms with Crippen molar-refractivity contribution in [2.45, 2.75) is 6.92 Å². The molecule has 0 aromatic carbocycles. The number of aromatic nitrogens is 2. The fourth-order valence-electron chi connectivity index (χ4n) is 2.93. The number of carbonyl (C=O) groups excluding carboxylic acids is 1. The number of nitrogens with two attached hydrogens (primary N) is 2. The number of nitrogens with zero attached hydrogens (tertiary/aromatic N) is 3. The van der Waals surface area contributed by atoms with E-state index in [-0.39, 0.29) is 23.0 Å². The van der Waals surface area contributed by atoms with Gasteiger partial charge in [0.2, 0.25) is 0 Å². The number of hydrogen-bond donors (Lipinski definition) is 3. The Bertz CT molecular complexity index is 1250. The molecule has 9 heteroatoms. The molecule has 4 rings (SSSR count). The number of fused-ring (bicyclic) bond motifs is 1. The highest BCUT2D eigenvalue weighted by molar-refractivity contribution is 7.21. The smallest absolute Gasteiger partial charge is 0.269 e. The molecule has 1 amide bonds. The molecule has 0 atom stereocenters. The lowest BCUT2D eigenvalue weighted by Gasteiger charge is -2.08. The van der Waals surface area contributed by atoms with E-state index in [4.69, 9.17) is 11.5 Å². The molecule has 0 aliphatic rings. The van der Waals surface area contributed by atoms with Gasteiger partial charge >= 0.3 is 0 Å². The van der Waals surface area contributed by atoms with Gasteiger partial charge in [0.05, 0.1) is 5.69 Å². The Morgan fingerprint density at radius 3 is 2.82 bits per heavy atom. The van der Waals surface area contributed by atoms with Crippen LogP contribution in [0, 0.1) is 18.3 Å². The number of rotatable bonds is 3. The van der Waals surface area contributed by atoms with Crippen molar-refractivity contribution < 1.29 is 4.79 Å². The van der Waals surface area contributed by atoms with Crippen LogP contribution in [0.5, 0.6) is 0 Å². The summed E-state index contributed by atoms with van der Waals surface area (Å²) in [6.07, 6.45) is 1.60. The zero-order valence-electron chi connectivity index (χ0n) is 14.7. The first-order chi connectivity index (χ1) is 13.5. The van der Waals surface area contributed by atoms with Gasteiger partial charge in [-0.3, -0.25) is 4.79 Å². The van der Waals surface area contributed by atoms with E-state index in [1.165, 1.54) is 11.3 Å². The number of nitrogens with one attached hydrogen (secondary N) is 1. The van der Waals surface area contributed by atoms with E-state index in [9.17, 15) is 10.1 Å². The topological polar surface area (TPSA) is 131 Å². The minimum absolute atomic E-state index is 0.116. The van der Waals surface area contributed by atoms with Gasteiger partial charge in [0, 0.05) is 17.1 Å². The molecule has 0 saturated carbocycles. The maximum absolute atomic E-state index is 12.9. The van der Waals surface area contributed by atoms with Crippen LogP contribution in [0.2, 0.25) is 0 Å². The summed E-state index contributed by atoms with van der Waals surface area (Å²) in [5.74, 6) is 0.202. The first-order valence-corrected chi connectivity index (χ1v) is 9.94. The summed E-state index contributed by atoms with van der Waals surface area (Å²) < 4.78 is 0. The van der Waals surface area contributed by atoms with Crippen molar-refractivity contribution in [3.8, 4) is 17.2 Å². The van der Waals surface area contributed by atoms with E-state index in [1.54, 1.807) is 12.3 Å². The largest absolute Gasteiger partial charge is 0.397 e. The molecular weight excluding hydrogens is 392 g/mol. The van der Waals surface area contributed by atoms with Gasteiger partial charge < -0.3 is 16.8 Å². The van der Waals surface area contributed by atoms with Crippen molar-refractivity contribution >= 4 is 56.1 Å². The van der Waals surface area contributed by atoms with Crippen molar-refractivity contribution in [1.29, 1.82) is 5.26 Å². The minimum Gasteiger partial charge on any atom is -0.397 e. The Labute approximate surface area is 168 Å². The molecule has 0 fully saturated rings. The lowest BCUT2D eigenvalue weighted by Crippen LogP contribution is -2.13. The highest BCUT2D eigenvalue weighted by atomic mass is 32.1. The highest BCUT2D eigenvalue weighted by Gasteiger charge is 2.24. The fourth-order valence-corrected chi connectivity index (χ4v) is 4.58. The van der Waals surface area contributed by atoms with Gasteiger partial charge in [0.25, 0.3) is 5.91 Å². The Balaban J connectivity index is 1.90. The standard InChI is InChI=1S/C19H14N6OS2/c1-9-3-2-5-23-17(9)25-18(26)15-14(21)13-12(10-4-6-27-8-10)11(7-20)16(22)24-19(13)28-15/h2-6,8H,21H2,1H3,(H2,22,24)(H,23,25,26). The van der Waals surface area contributed by atoms with Gasteiger partial charge in [0.1, 0.15) is 33.0 Å². The lowest BCUT2D eigenvalue weighted by molar-refractivity contribution is 0.103. The second-order valence-corrected chi connectivity index (χ2v) is 7.80. The van der Waals surface area contributed by atoms with Gasteiger partial charge in [-0.2, -0.15) is 16.6 Å². The summed E-state index contributed by atoms with van der Waals surface area (Å²) in [7, 11) is 0. The fraction of sp³-hybridized carbons (Fsp3) is 0.0526. The molecule has 0 unspecified atom stereocenters. The van der Waals surface area contributed by atoms with Gasteiger partial charge in [-0.25, -0.2) is 9.97 Å². The molecule has 138 valence electrons. The molecule has 0 radical (unpaired) electrons. The van der Waals surface area contributed by atoms with E-state index < -0.39 is 0 Å². The predicted octanol–water partition coefficient (Wildman–Crippen LogP) is 4.02. The van der Waals surface area contributed by atoms with E-state index in [2.05, 4.69) is 21.4 Å². The SMILES string of the molecule is Cc1cccnc1NC(=O)c1sc2nc(N)c(C#N)c(-c3ccsc3)c2c1N. The quantitative estimate of drug-likeness (QED) is 0.471. The molecule has 0 aliphatic heterocycles. The van der Waals surface area contributed by atoms with E-state index >= 15 is 0 Å². The lowest BCUT2D eigenvalue weighted by atomic mass is 9.99. The van der Waals surface area contributed by atoms with Gasteiger partial charge in [-0.15, -0.1) is 11.3 Å². The number of nitrogen functional groups attached to an aromatic ring is 2. The normalized spacial score (nSPS) is 10.7. The summed E-state index contributed by atoms with van der Waals surface area (Å²) in [5.41, 5.74) is 15.1. The van der Waals surface area contributed by atoms with Crippen LogP contribution in [-0.4, -0.2) is 15.9 Å². The molecule has 28 heavy (non-hydrogen) atoms. The van der Waals surface area contributed by atoms with Gasteiger partial charge in [0.15, 0.2) is 0 Å². The summed E-state index contributed by atoms with van der Waals surface area (Å²) >= 11 is 2.63. The third-order valence-corrected chi connectivity index (χ3v) is 6.06. The van der Waals surface area contributed by atoms with E-state index in [1.807, 2.05) is 29.8 Å². The van der Waals surface area contributed by atoms with Gasteiger partial charge in [-0.1, -0.05) is 6.07 Å². The molecule has 5 N–H and O–H groups in total. The Morgan fingerprint density at radius 2 is 2.14 bits per heavy atom. The van der Waals surface area contributed by atoms with Crippen molar-refractivity contribution in [3.63, 3.8) is 0 Å². The maximum atomic E-state index is 12.9. The van der Waals surface area contributed by atoms with Gasteiger partial charge in [-0.05, 0) is 40.9 Å². The summed E-state index contributed by atoms with van der Waals surface area (Å²) in [6, 6.07) is 7.64. The van der Waals surface area contributed by atoms with Crippen LogP contribution in [0.4, 0.5) is 17.3 Å². The third-order valence-electron chi connectivity index (χ3n) is 4.27. The first kappa shape index (κ1) is 17.9. The van der Waals surface area contributed by atoms with Crippen LogP contribution >= 0.6 is 22.7 Å². The Hall–Kier alpha value is -3.48. The number of amides is 1. The highest BCUT2D eigenvalue weighted by Crippen LogP contribution is 2.43. The first-order valence-electron chi connectivity index (χ1n) is 8.18. The Morgan fingerprint density at radius 1 is 1.32 bits per heavy atom. The van der Waals surface area contributed by atoms with Crippen molar-refractivity contribution in [3.05, 3.63) is 51.2 Å². The molecule has 4 heterocycles. The van der Waals surface area contributed by atoms with Crippen LogP contribution in [0.1, 0.15) is 20.8 Å². The molecular formula is C19H14N6OS2. The van der Waals surface area contributed by atoms with Crippen LogP contribution in [0.25, 0.3) is 21.3 Å². The molecule has 0 saturated heterocycles. The second-order valence-electron chi connectivity index (χ2n) is 6.02. The number of hydrogen-bond acceptors (Lipinski definition) is 8. The molecule has 4 aromatic heterocycles. The maximum Gasteiger partial charge on any atom is 0.269 e. The zero-order chi connectivity index (χ0) is 19.8. The van der Waals surface area contributed by atoms with Crippen LogP contribution < -0.4 is 16.8 Å². The van der Waals surface area contributed by atoms with E-state index in [0.717, 1.165) is 22.5 Å². The molecule has 0 bridgehead atoms. The Kier molecular flexibility index (Phi) is 4.43. The molecule has 0 spiro atoms. The van der Waals surface area contributed by atoms with Crippen LogP contribution in [0.15, 0.2) is 35.2 Å². The van der Waals surface area contributed by atoms with E-state index in [0.29, 0.717) is 26.5 Å².